The van der Waals surface area contributed by atoms with Gasteiger partial charge in [0.2, 0.25) is 0 Å². The highest BCUT2D eigenvalue weighted by Crippen LogP contribution is 2.46. The first-order chi connectivity index (χ1) is 17.0. The molecule has 5 rings (SSSR count). The number of ether oxygens (including phenoxy) is 2. The highest BCUT2D eigenvalue weighted by atomic mass is 35.5. The molecule has 0 fully saturated rings. The number of hydrogen-bond acceptors (Lipinski definition) is 5. The molecule has 3 aromatic rings. The van der Waals surface area contributed by atoms with Crippen LogP contribution in [-0.2, 0) is 16.1 Å². The standard InChI is InChI=1S/C29H24ClNO4/c1-3-34-29(33)24-17(2)31-27-21-9-5-6-10-22(21)28(32)26(27)25(24)18-12-14-20(15-13-18)35-16-19-8-4-7-11-23(19)30/h4-15,25,31H,3,16H2,1-2H3/t25-/m0/s1. The maximum Gasteiger partial charge on any atom is 0.336 e. The highest BCUT2D eigenvalue weighted by molar-refractivity contribution is 6.31. The van der Waals surface area contributed by atoms with Gasteiger partial charge in [0.05, 0.1) is 17.9 Å². The lowest BCUT2D eigenvalue weighted by atomic mass is 9.80. The largest absolute Gasteiger partial charge is 0.489 e. The minimum Gasteiger partial charge on any atom is -0.489 e. The van der Waals surface area contributed by atoms with E-state index in [1.165, 1.54) is 0 Å². The SMILES string of the molecule is CCOC(=O)C1=C(C)NC2=C(C(=O)c3ccccc32)[C@H]1c1ccc(OCc2ccccc2Cl)cc1. The Kier molecular flexibility index (Phi) is 6.18. The van der Waals surface area contributed by atoms with Crippen molar-refractivity contribution in [3.63, 3.8) is 0 Å². The van der Waals surface area contributed by atoms with Crippen molar-refractivity contribution in [3.8, 4) is 5.75 Å². The predicted octanol–water partition coefficient (Wildman–Crippen LogP) is 6.05. The smallest absolute Gasteiger partial charge is 0.336 e. The molecule has 0 radical (unpaired) electrons. The minimum absolute atomic E-state index is 0.0820. The maximum atomic E-state index is 13.5. The second-order valence-corrected chi connectivity index (χ2v) is 8.84. The van der Waals surface area contributed by atoms with E-state index in [0.29, 0.717) is 39.8 Å². The number of rotatable bonds is 6. The van der Waals surface area contributed by atoms with Crippen LogP contribution in [0.3, 0.4) is 0 Å². The van der Waals surface area contributed by atoms with Crippen LogP contribution in [-0.4, -0.2) is 18.4 Å². The average Bonchev–Trinajstić information content (AvgIpc) is 3.15. The molecule has 0 bridgehead atoms. The van der Waals surface area contributed by atoms with Crippen molar-refractivity contribution < 1.29 is 19.1 Å². The summed E-state index contributed by atoms with van der Waals surface area (Å²) in [6, 6.07) is 22.5. The molecule has 1 heterocycles. The molecule has 2 aliphatic rings. The summed E-state index contributed by atoms with van der Waals surface area (Å²) in [6.45, 7) is 4.20. The number of benzene rings is 3. The van der Waals surface area contributed by atoms with Crippen LogP contribution >= 0.6 is 11.6 Å². The van der Waals surface area contributed by atoms with Crippen molar-refractivity contribution in [1.29, 1.82) is 0 Å². The van der Waals surface area contributed by atoms with Gasteiger partial charge in [-0.3, -0.25) is 4.79 Å². The first-order valence-electron chi connectivity index (χ1n) is 11.5. The molecule has 5 nitrogen and oxygen atoms in total. The summed E-state index contributed by atoms with van der Waals surface area (Å²) < 4.78 is 11.3. The number of hydrogen-bond donors (Lipinski definition) is 1. The van der Waals surface area contributed by atoms with E-state index in [0.717, 1.165) is 22.4 Å². The van der Waals surface area contributed by atoms with Gasteiger partial charge in [-0.2, -0.15) is 0 Å². The Morgan fingerprint density at radius 3 is 2.37 bits per heavy atom. The van der Waals surface area contributed by atoms with E-state index in [1.807, 2.05) is 79.7 Å². The lowest BCUT2D eigenvalue weighted by molar-refractivity contribution is -0.138. The summed E-state index contributed by atoms with van der Waals surface area (Å²) in [7, 11) is 0. The van der Waals surface area contributed by atoms with E-state index < -0.39 is 11.9 Å². The lowest BCUT2D eigenvalue weighted by Crippen LogP contribution is -2.29. The number of nitrogens with one attached hydrogen (secondary N) is 1. The minimum atomic E-state index is -0.553. The lowest BCUT2D eigenvalue weighted by Gasteiger charge is -2.29. The molecule has 176 valence electrons. The molecular weight excluding hydrogens is 462 g/mol. The van der Waals surface area contributed by atoms with Crippen molar-refractivity contribution in [2.45, 2.75) is 26.4 Å². The van der Waals surface area contributed by atoms with Gasteiger partial charge in [-0.05, 0) is 37.6 Å². The van der Waals surface area contributed by atoms with Crippen LogP contribution in [0.5, 0.6) is 5.75 Å². The van der Waals surface area contributed by atoms with E-state index in [2.05, 4.69) is 5.32 Å². The zero-order chi connectivity index (χ0) is 24.5. The molecule has 0 saturated carbocycles. The Bertz CT molecular complexity index is 1390. The fraction of sp³-hybridized carbons (Fsp3) is 0.172. The van der Waals surface area contributed by atoms with E-state index in [4.69, 9.17) is 21.1 Å². The number of Topliss-reactive ketones (excluding diaryl/α,β-unsaturated/α-hetero) is 1. The summed E-state index contributed by atoms with van der Waals surface area (Å²) >= 11 is 6.23. The normalized spacial score (nSPS) is 16.5. The molecule has 1 N–H and O–H groups in total. The van der Waals surface area contributed by atoms with Crippen LogP contribution in [0.15, 0.2) is 89.6 Å². The third-order valence-corrected chi connectivity index (χ3v) is 6.68. The van der Waals surface area contributed by atoms with Crippen LogP contribution < -0.4 is 10.1 Å². The Hall–Kier alpha value is -3.83. The summed E-state index contributed by atoms with van der Waals surface area (Å²) in [6.07, 6.45) is 0. The quantitative estimate of drug-likeness (QED) is 0.430. The van der Waals surface area contributed by atoms with Gasteiger partial charge >= 0.3 is 5.97 Å². The molecule has 6 heteroatoms. The second kappa shape index (κ2) is 9.43. The molecule has 1 atom stereocenters. The summed E-state index contributed by atoms with van der Waals surface area (Å²) in [5, 5.41) is 3.96. The summed E-state index contributed by atoms with van der Waals surface area (Å²) in [5.41, 5.74) is 5.61. The van der Waals surface area contributed by atoms with Crippen molar-refractivity contribution in [1.82, 2.24) is 5.32 Å². The van der Waals surface area contributed by atoms with Crippen LogP contribution in [0.25, 0.3) is 5.70 Å². The third-order valence-electron chi connectivity index (χ3n) is 6.31. The Morgan fingerprint density at radius 1 is 0.971 bits per heavy atom. The van der Waals surface area contributed by atoms with Crippen molar-refractivity contribution in [3.05, 3.63) is 117 Å². The Labute approximate surface area is 209 Å². The van der Waals surface area contributed by atoms with Crippen LogP contribution in [0.4, 0.5) is 0 Å². The van der Waals surface area contributed by atoms with Crippen molar-refractivity contribution >= 4 is 29.1 Å². The predicted molar refractivity (Wildman–Crippen MR) is 135 cm³/mol. The molecular formula is C29H24ClNO4. The third kappa shape index (κ3) is 4.13. The number of esters is 1. The molecule has 0 spiro atoms. The first kappa shape index (κ1) is 22.9. The molecule has 3 aromatic carbocycles. The molecule has 1 aliphatic carbocycles. The molecule has 1 aliphatic heterocycles. The maximum absolute atomic E-state index is 13.5. The number of halogens is 1. The van der Waals surface area contributed by atoms with E-state index in [-0.39, 0.29) is 12.4 Å². The van der Waals surface area contributed by atoms with Gasteiger partial charge in [0.15, 0.2) is 5.78 Å². The fourth-order valence-corrected chi connectivity index (χ4v) is 4.87. The van der Waals surface area contributed by atoms with Crippen LogP contribution in [0.1, 0.15) is 46.8 Å². The molecule has 0 amide bonds. The van der Waals surface area contributed by atoms with Gasteiger partial charge in [-0.25, -0.2) is 4.79 Å². The first-order valence-corrected chi connectivity index (χ1v) is 11.9. The highest BCUT2D eigenvalue weighted by Gasteiger charge is 2.42. The summed E-state index contributed by atoms with van der Waals surface area (Å²) in [4.78, 5) is 26.5. The number of ketones is 1. The van der Waals surface area contributed by atoms with Gasteiger partial charge in [0.1, 0.15) is 12.4 Å². The number of carbonyl (C=O) groups excluding carboxylic acids is 2. The van der Waals surface area contributed by atoms with E-state index in [9.17, 15) is 9.59 Å². The Balaban J connectivity index is 1.51. The van der Waals surface area contributed by atoms with Gasteiger partial charge in [0.25, 0.3) is 0 Å². The van der Waals surface area contributed by atoms with E-state index in [1.54, 1.807) is 6.92 Å². The Morgan fingerprint density at radius 2 is 1.66 bits per heavy atom. The second-order valence-electron chi connectivity index (χ2n) is 8.43. The zero-order valence-corrected chi connectivity index (χ0v) is 20.2. The molecule has 0 aromatic heterocycles. The number of dihydropyridines is 1. The zero-order valence-electron chi connectivity index (χ0n) is 19.4. The summed E-state index contributed by atoms with van der Waals surface area (Å²) in [5.74, 6) is -0.405. The van der Waals surface area contributed by atoms with Gasteiger partial charge in [-0.1, -0.05) is 66.2 Å². The molecule has 0 unspecified atom stereocenters. The van der Waals surface area contributed by atoms with E-state index >= 15 is 0 Å². The topological polar surface area (TPSA) is 64.6 Å². The number of allylic oxidation sites excluding steroid dienone is 2. The number of fused-ring (bicyclic) bond motifs is 2. The van der Waals surface area contributed by atoms with Crippen LogP contribution in [0.2, 0.25) is 5.02 Å². The van der Waals surface area contributed by atoms with Gasteiger partial charge in [-0.15, -0.1) is 0 Å². The van der Waals surface area contributed by atoms with Crippen LogP contribution in [0, 0.1) is 0 Å². The van der Waals surface area contributed by atoms with Crippen molar-refractivity contribution in [2.75, 3.05) is 6.61 Å². The van der Waals surface area contributed by atoms with Gasteiger partial charge in [0, 0.05) is 38.9 Å². The van der Waals surface area contributed by atoms with Crippen molar-refractivity contribution in [2.24, 2.45) is 0 Å². The van der Waals surface area contributed by atoms with Gasteiger partial charge < -0.3 is 14.8 Å². The molecule has 35 heavy (non-hydrogen) atoms. The fourth-order valence-electron chi connectivity index (χ4n) is 4.67. The number of carbonyl (C=O) groups is 2. The monoisotopic (exact) mass is 485 g/mol. The average molecular weight is 486 g/mol. The molecule has 0 saturated heterocycles.